The minimum absolute atomic E-state index is 0.0431. The standard InChI is InChI=1S/C24H23N5O/c1-15-10-16(2)12-18(11-15)29-23-5-3-4-20(19(23)14-27-29)28-24(30)17-6-7-21-22(13-17)26-9-8-25-21/h6-14,20H,3-5H2,1-2H3,(H,28,30)/t20-/m1/s1. The normalized spacial score (nSPS) is 15.7. The van der Waals surface area contributed by atoms with E-state index >= 15 is 0 Å². The molecule has 30 heavy (non-hydrogen) atoms. The SMILES string of the molecule is Cc1cc(C)cc(-n2ncc3c2CCC[C@H]3NC(=O)c2ccc3nccnc3c2)c1. The topological polar surface area (TPSA) is 72.7 Å². The summed E-state index contributed by atoms with van der Waals surface area (Å²) in [5.41, 5.74) is 7.89. The van der Waals surface area contributed by atoms with Gasteiger partial charge in [-0.15, -0.1) is 0 Å². The number of nitrogens with one attached hydrogen (secondary N) is 1. The van der Waals surface area contributed by atoms with Crippen molar-refractivity contribution in [3.05, 3.63) is 82.9 Å². The van der Waals surface area contributed by atoms with Crippen molar-refractivity contribution in [3.8, 4) is 5.69 Å². The number of nitrogens with zero attached hydrogens (tertiary/aromatic N) is 4. The van der Waals surface area contributed by atoms with Crippen LogP contribution in [0.4, 0.5) is 0 Å². The van der Waals surface area contributed by atoms with Crippen molar-refractivity contribution in [3.63, 3.8) is 0 Å². The molecule has 2 heterocycles. The lowest BCUT2D eigenvalue weighted by atomic mass is 9.92. The Morgan fingerprint density at radius 2 is 1.80 bits per heavy atom. The van der Waals surface area contributed by atoms with Gasteiger partial charge in [-0.05, 0) is 74.6 Å². The maximum absolute atomic E-state index is 12.9. The van der Waals surface area contributed by atoms with Crippen molar-refractivity contribution in [2.75, 3.05) is 0 Å². The van der Waals surface area contributed by atoms with Crippen LogP contribution in [0.15, 0.2) is 55.0 Å². The minimum atomic E-state index is -0.0976. The van der Waals surface area contributed by atoms with Gasteiger partial charge in [-0.1, -0.05) is 6.07 Å². The molecule has 0 bridgehead atoms. The average molecular weight is 397 g/mol. The summed E-state index contributed by atoms with van der Waals surface area (Å²) in [4.78, 5) is 21.5. The molecule has 1 aliphatic carbocycles. The van der Waals surface area contributed by atoms with E-state index in [-0.39, 0.29) is 11.9 Å². The summed E-state index contributed by atoms with van der Waals surface area (Å²) in [6.07, 6.45) is 8.07. The largest absolute Gasteiger partial charge is 0.345 e. The van der Waals surface area contributed by atoms with Gasteiger partial charge in [-0.25, -0.2) is 4.68 Å². The molecule has 0 saturated heterocycles. The molecule has 0 saturated carbocycles. The van der Waals surface area contributed by atoms with Gasteiger partial charge in [-0.3, -0.25) is 14.8 Å². The number of hydrogen-bond acceptors (Lipinski definition) is 4. The second-order valence-corrected chi connectivity index (χ2v) is 7.98. The fourth-order valence-electron chi connectivity index (χ4n) is 4.35. The first-order valence-corrected chi connectivity index (χ1v) is 10.3. The first-order valence-electron chi connectivity index (χ1n) is 10.3. The monoisotopic (exact) mass is 397 g/mol. The minimum Gasteiger partial charge on any atom is -0.345 e. The Morgan fingerprint density at radius 3 is 2.60 bits per heavy atom. The quantitative estimate of drug-likeness (QED) is 0.561. The van der Waals surface area contributed by atoms with Gasteiger partial charge in [0.15, 0.2) is 0 Å². The van der Waals surface area contributed by atoms with Crippen molar-refractivity contribution >= 4 is 16.9 Å². The number of hydrogen-bond donors (Lipinski definition) is 1. The Labute approximate surface area is 175 Å². The van der Waals surface area contributed by atoms with E-state index in [9.17, 15) is 4.79 Å². The van der Waals surface area contributed by atoms with Crippen LogP contribution in [-0.2, 0) is 6.42 Å². The van der Waals surface area contributed by atoms with Gasteiger partial charge in [0.05, 0.1) is 29.0 Å². The molecule has 4 aromatic rings. The van der Waals surface area contributed by atoms with Gasteiger partial charge in [-0.2, -0.15) is 5.10 Å². The summed E-state index contributed by atoms with van der Waals surface area (Å²) >= 11 is 0. The number of aryl methyl sites for hydroxylation is 2. The molecule has 1 aliphatic rings. The van der Waals surface area contributed by atoms with Crippen LogP contribution in [0.2, 0.25) is 0 Å². The number of fused-ring (bicyclic) bond motifs is 2. The molecule has 5 rings (SSSR count). The number of benzene rings is 2. The molecule has 1 N–H and O–H groups in total. The van der Waals surface area contributed by atoms with Gasteiger partial charge < -0.3 is 5.32 Å². The van der Waals surface area contributed by atoms with Crippen molar-refractivity contribution < 1.29 is 4.79 Å². The zero-order chi connectivity index (χ0) is 20.7. The Kier molecular flexibility index (Phi) is 4.54. The Bertz CT molecular complexity index is 1240. The smallest absolute Gasteiger partial charge is 0.251 e. The van der Waals surface area contributed by atoms with Crippen LogP contribution in [0.1, 0.15) is 51.6 Å². The molecule has 150 valence electrons. The van der Waals surface area contributed by atoms with Gasteiger partial charge in [0.1, 0.15) is 0 Å². The highest BCUT2D eigenvalue weighted by Crippen LogP contribution is 2.31. The summed E-state index contributed by atoms with van der Waals surface area (Å²) in [6.45, 7) is 4.20. The number of carbonyl (C=O) groups is 1. The molecular formula is C24H23N5O. The van der Waals surface area contributed by atoms with E-state index in [1.165, 1.54) is 16.8 Å². The summed E-state index contributed by atoms with van der Waals surface area (Å²) < 4.78 is 2.03. The lowest BCUT2D eigenvalue weighted by Gasteiger charge is -2.24. The number of rotatable bonds is 3. The molecule has 2 aromatic carbocycles. The third-order valence-electron chi connectivity index (χ3n) is 5.67. The third kappa shape index (κ3) is 3.34. The average Bonchev–Trinajstić information content (AvgIpc) is 3.18. The van der Waals surface area contributed by atoms with Crippen LogP contribution in [0.25, 0.3) is 16.7 Å². The van der Waals surface area contributed by atoms with Crippen molar-refractivity contribution in [1.82, 2.24) is 25.1 Å². The second kappa shape index (κ2) is 7.37. The fourth-order valence-corrected chi connectivity index (χ4v) is 4.35. The molecule has 0 spiro atoms. The van der Waals surface area contributed by atoms with Gasteiger partial charge in [0.25, 0.3) is 5.91 Å². The molecule has 0 radical (unpaired) electrons. The number of carbonyl (C=O) groups excluding carboxylic acids is 1. The van der Waals surface area contributed by atoms with E-state index in [0.29, 0.717) is 5.56 Å². The maximum atomic E-state index is 12.9. The van der Waals surface area contributed by atoms with Crippen LogP contribution >= 0.6 is 0 Å². The van der Waals surface area contributed by atoms with E-state index in [1.54, 1.807) is 24.5 Å². The van der Waals surface area contributed by atoms with Gasteiger partial charge >= 0.3 is 0 Å². The summed E-state index contributed by atoms with van der Waals surface area (Å²) in [7, 11) is 0. The Hall–Kier alpha value is -3.54. The summed E-state index contributed by atoms with van der Waals surface area (Å²) in [5, 5.41) is 7.87. The molecule has 6 nitrogen and oxygen atoms in total. The molecule has 6 heteroatoms. The zero-order valence-electron chi connectivity index (χ0n) is 17.1. The Balaban J connectivity index is 1.43. The van der Waals surface area contributed by atoms with Crippen LogP contribution in [-0.4, -0.2) is 25.7 Å². The lowest BCUT2D eigenvalue weighted by Crippen LogP contribution is -2.31. The molecule has 0 aliphatic heterocycles. The predicted molar refractivity (Wildman–Crippen MR) is 116 cm³/mol. The van der Waals surface area contributed by atoms with E-state index < -0.39 is 0 Å². The highest BCUT2D eigenvalue weighted by Gasteiger charge is 2.26. The van der Waals surface area contributed by atoms with Crippen LogP contribution in [0.5, 0.6) is 0 Å². The molecule has 2 aromatic heterocycles. The predicted octanol–water partition coefficient (Wildman–Crippen LogP) is 4.24. The lowest BCUT2D eigenvalue weighted by molar-refractivity contribution is 0.0933. The summed E-state index contributed by atoms with van der Waals surface area (Å²) in [6, 6.07) is 11.9. The number of aromatic nitrogens is 4. The third-order valence-corrected chi connectivity index (χ3v) is 5.67. The van der Waals surface area contributed by atoms with Gasteiger partial charge in [0, 0.05) is 29.2 Å². The van der Waals surface area contributed by atoms with Crippen molar-refractivity contribution in [1.29, 1.82) is 0 Å². The van der Waals surface area contributed by atoms with Crippen LogP contribution < -0.4 is 5.32 Å². The highest BCUT2D eigenvalue weighted by molar-refractivity contribution is 5.97. The fraction of sp³-hybridized carbons (Fsp3) is 0.250. The Morgan fingerprint density at radius 1 is 1.03 bits per heavy atom. The zero-order valence-corrected chi connectivity index (χ0v) is 17.1. The van der Waals surface area contributed by atoms with Gasteiger partial charge in [0.2, 0.25) is 0 Å². The molecule has 0 fully saturated rings. The second-order valence-electron chi connectivity index (χ2n) is 7.98. The first-order chi connectivity index (χ1) is 14.6. The van der Waals surface area contributed by atoms with Crippen LogP contribution in [0.3, 0.4) is 0 Å². The van der Waals surface area contributed by atoms with E-state index in [2.05, 4.69) is 52.4 Å². The highest BCUT2D eigenvalue weighted by atomic mass is 16.1. The molecule has 0 unspecified atom stereocenters. The van der Waals surface area contributed by atoms with Crippen molar-refractivity contribution in [2.45, 2.75) is 39.2 Å². The molecular weight excluding hydrogens is 374 g/mol. The maximum Gasteiger partial charge on any atom is 0.251 e. The van der Waals surface area contributed by atoms with Crippen molar-refractivity contribution in [2.24, 2.45) is 0 Å². The van der Waals surface area contributed by atoms with Crippen LogP contribution in [0, 0.1) is 13.8 Å². The van der Waals surface area contributed by atoms with E-state index in [0.717, 1.165) is 41.5 Å². The number of amides is 1. The first kappa shape index (κ1) is 18.5. The summed E-state index contributed by atoms with van der Waals surface area (Å²) in [5.74, 6) is -0.0976. The van der Waals surface area contributed by atoms with E-state index in [4.69, 9.17) is 0 Å². The van der Waals surface area contributed by atoms with E-state index in [1.807, 2.05) is 16.9 Å². The molecule has 1 atom stereocenters. The molecule has 1 amide bonds.